The Morgan fingerprint density at radius 3 is 2.64 bits per heavy atom. The highest BCUT2D eigenvalue weighted by Crippen LogP contribution is 2.11. The van der Waals surface area contributed by atoms with Crippen LogP contribution in [-0.2, 0) is 6.42 Å². The van der Waals surface area contributed by atoms with Gasteiger partial charge in [-0.05, 0) is 12.5 Å². The molecule has 0 atom stereocenters. The molecule has 70 valence electrons. The standard InChI is InChI=1S/C10H10N4/c1-2-3-9-4-10(14-7-13-9)8(5-11)6-12/h4,7-8H,2-3H2,1H3. The molecular formula is C10H10N4. The van der Waals surface area contributed by atoms with E-state index in [1.54, 1.807) is 6.07 Å². The molecule has 0 amide bonds. The van der Waals surface area contributed by atoms with E-state index in [9.17, 15) is 0 Å². The van der Waals surface area contributed by atoms with Gasteiger partial charge in [-0.25, -0.2) is 9.97 Å². The predicted molar refractivity (Wildman–Crippen MR) is 50.0 cm³/mol. The maximum absolute atomic E-state index is 8.67. The summed E-state index contributed by atoms with van der Waals surface area (Å²) in [5.41, 5.74) is 1.38. The van der Waals surface area contributed by atoms with Crippen molar-refractivity contribution >= 4 is 0 Å². The summed E-state index contributed by atoms with van der Waals surface area (Å²) in [6, 6.07) is 5.49. The Balaban J connectivity index is 2.95. The van der Waals surface area contributed by atoms with Crippen molar-refractivity contribution in [1.82, 2.24) is 9.97 Å². The highest BCUT2D eigenvalue weighted by Gasteiger charge is 2.10. The third-order valence-corrected chi connectivity index (χ3v) is 1.80. The van der Waals surface area contributed by atoms with E-state index in [4.69, 9.17) is 10.5 Å². The number of hydrogen-bond acceptors (Lipinski definition) is 4. The molecule has 0 aliphatic rings. The summed E-state index contributed by atoms with van der Waals surface area (Å²) in [7, 11) is 0. The summed E-state index contributed by atoms with van der Waals surface area (Å²) in [4.78, 5) is 7.96. The minimum absolute atomic E-state index is 0.494. The number of aromatic nitrogens is 2. The van der Waals surface area contributed by atoms with E-state index in [1.165, 1.54) is 6.33 Å². The number of rotatable bonds is 3. The first-order valence-electron chi connectivity index (χ1n) is 4.41. The van der Waals surface area contributed by atoms with Crippen LogP contribution in [0.4, 0.5) is 0 Å². The first-order valence-corrected chi connectivity index (χ1v) is 4.41. The maximum Gasteiger partial charge on any atom is 0.175 e. The fourth-order valence-corrected chi connectivity index (χ4v) is 1.13. The molecule has 0 aromatic carbocycles. The minimum Gasteiger partial charge on any atom is -0.241 e. The van der Waals surface area contributed by atoms with Crippen molar-refractivity contribution in [2.24, 2.45) is 0 Å². The van der Waals surface area contributed by atoms with E-state index in [1.807, 2.05) is 19.1 Å². The van der Waals surface area contributed by atoms with Gasteiger partial charge in [-0.2, -0.15) is 10.5 Å². The molecule has 4 heteroatoms. The molecule has 1 heterocycles. The van der Waals surface area contributed by atoms with Crippen LogP contribution < -0.4 is 0 Å². The fourth-order valence-electron chi connectivity index (χ4n) is 1.13. The van der Waals surface area contributed by atoms with Crippen molar-refractivity contribution in [3.05, 3.63) is 23.8 Å². The number of nitrogens with zero attached hydrogens (tertiary/aromatic N) is 4. The zero-order valence-corrected chi connectivity index (χ0v) is 7.94. The lowest BCUT2D eigenvalue weighted by molar-refractivity contribution is 0.854. The van der Waals surface area contributed by atoms with Gasteiger partial charge in [0.05, 0.1) is 17.8 Å². The molecule has 4 nitrogen and oxygen atoms in total. The average Bonchev–Trinajstić information content (AvgIpc) is 2.21. The molecule has 0 unspecified atom stereocenters. The summed E-state index contributed by atoms with van der Waals surface area (Å²) in [5.74, 6) is -0.784. The Labute approximate surface area is 82.8 Å². The third kappa shape index (κ3) is 2.27. The SMILES string of the molecule is CCCc1cc(C(C#N)C#N)ncn1. The Morgan fingerprint density at radius 1 is 1.36 bits per heavy atom. The first-order chi connectivity index (χ1) is 6.81. The van der Waals surface area contributed by atoms with E-state index in [0.29, 0.717) is 5.69 Å². The Hall–Kier alpha value is -1.94. The van der Waals surface area contributed by atoms with Crippen molar-refractivity contribution in [2.75, 3.05) is 0 Å². The van der Waals surface area contributed by atoms with E-state index >= 15 is 0 Å². The van der Waals surface area contributed by atoms with Crippen molar-refractivity contribution in [2.45, 2.75) is 25.7 Å². The molecule has 0 saturated carbocycles. The van der Waals surface area contributed by atoms with E-state index in [0.717, 1.165) is 18.5 Å². The average molecular weight is 186 g/mol. The zero-order valence-electron chi connectivity index (χ0n) is 7.94. The summed E-state index contributed by atoms with van der Waals surface area (Å²) < 4.78 is 0. The van der Waals surface area contributed by atoms with Gasteiger partial charge in [-0.1, -0.05) is 13.3 Å². The van der Waals surface area contributed by atoms with Crippen LogP contribution in [0.2, 0.25) is 0 Å². The van der Waals surface area contributed by atoms with Gasteiger partial charge in [0.15, 0.2) is 5.92 Å². The Bertz CT molecular complexity index is 372. The summed E-state index contributed by atoms with van der Waals surface area (Å²) in [5, 5.41) is 17.3. The summed E-state index contributed by atoms with van der Waals surface area (Å²) in [6.45, 7) is 2.05. The van der Waals surface area contributed by atoms with Gasteiger partial charge < -0.3 is 0 Å². The molecule has 0 spiro atoms. The molecular weight excluding hydrogens is 176 g/mol. The molecule has 0 aliphatic heterocycles. The van der Waals surface area contributed by atoms with Crippen LogP contribution in [0.5, 0.6) is 0 Å². The van der Waals surface area contributed by atoms with Crippen LogP contribution in [0.3, 0.4) is 0 Å². The number of nitriles is 2. The summed E-state index contributed by atoms with van der Waals surface area (Å²) >= 11 is 0. The lowest BCUT2D eigenvalue weighted by Gasteiger charge is -2.01. The molecule has 0 radical (unpaired) electrons. The fraction of sp³-hybridized carbons (Fsp3) is 0.400. The molecule has 0 aliphatic carbocycles. The van der Waals surface area contributed by atoms with Gasteiger partial charge in [-0.15, -0.1) is 0 Å². The second-order valence-corrected chi connectivity index (χ2v) is 2.88. The first kappa shape index (κ1) is 10.1. The monoisotopic (exact) mass is 186 g/mol. The second-order valence-electron chi connectivity index (χ2n) is 2.88. The van der Waals surface area contributed by atoms with Gasteiger partial charge in [0.1, 0.15) is 6.33 Å². The molecule has 14 heavy (non-hydrogen) atoms. The molecule has 1 aromatic rings. The molecule has 0 N–H and O–H groups in total. The molecule has 1 aromatic heterocycles. The lowest BCUT2D eigenvalue weighted by atomic mass is 10.1. The predicted octanol–water partition coefficient (Wildman–Crippen LogP) is 1.56. The Kier molecular flexibility index (Phi) is 3.58. The zero-order chi connectivity index (χ0) is 10.4. The normalized spacial score (nSPS) is 9.43. The van der Waals surface area contributed by atoms with Crippen LogP contribution in [0, 0.1) is 22.7 Å². The van der Waals surface area contributed by atoms with E-state index in [2.05, 4.69) is 9.97 Å². The highest BCUT2D eigenvalue weighted by molar-refractivity contribution is 5.25. The highest BCUT2D eigenvalue weighted by atomic mass is 14.8. The van der Waals surface area contributed by atoms with Crippen LogP contribution in [0.1, 0.15) is 30.7 Å². The van der Waals surface area contributed by atoms with E-state index < -0.39 is 5.92 Å². The van der Waals surface area contributed by atoms with E-state index in [-0.39, 0.29) is 0 Å². The second kappa shape index (κ2) is 4.94. The minimum atomic E-state index is -0.784. The van der Waals surface area contributed by atoms with Crippen molar-refractivity contribution in [3.8, 4) is 12.1 Å². The van der Waals surface area contributed by atoms with Crippen LogP contribution in [0.25, 0.3) is 0 Å². The van der Waals surface area contributed by atoms with Gasteiger partial charge in [0.2, 0.25) is 0 Å². The Morgan fingerprint density at radius 2 is 2.07 bits per heavy atom. The van der Waals surface area contributed by atoms with Crippen molar-refractivity contribution in [1.29, 1.82) is 10.5 Å². The van der Waals surface area contributed by atoms with Gasteiger partial charge >= 0.3 is 0 Å². The summed E-state index contributed by atoms with van der Waals surface area (Å²) in [6.07, 6.45) is 3.24. The molecule has 0 saturated heterocycles. The van der Waals surface area contributed by atoms with Crippen molar-refractivity contribution in [3.63, 3.8) is 0 Å². The molecule has 0 bridgehead atoms. The molecule has 1 rings (SSSR count). The smallest absolute Gasteiger partial charge is 0.175 e. The van der Waals surface area contributed by atoms with Gasteiger partial charge in [-0.3, -0.25) is 0 Å². The number of hydrogen-bond donors (Lipinski definition) is 0. The quantitative estimate of drug-likeness (QED) is 0.718. The van der Waals surface area contributed by atoms with Gasteiger partial charge in [0, 0.05) is 5.69 Å². The topological polar surface area (TPSA) is 73.4 Å². The van der Waals surface area contributed by atoms with Crippen LogP contribution in [0.15, 0.2) is 12.4 Å². The molecule has 0 fully saturated rings. The van der Waals surface area contributed by atoms with Crippen LogP contribution in [-0.4, -0.2) is 9.97 Å². The number of aryl methyl sites for hydroxylation is 1. The third-order valence-electron chi connectivity index (χ3n) is 1.80. The maximum atomic E-state index is 8.67. The lowest BCUT2D eigenvalue weighted by Crippen LogP contribution is -1.99. The van der Waals surface area contributed by atoms with Crippen LogP contribution >= 0.6 is 0 Å². The largest absolute Gasteiger partial charge is 0.241 e. The van der Waals surface area contributed by atoms with Gasteiger partial charge in [0.25, 0.3) is 0 Å². The van der Waals surface area contributed by atoms with Crippen molar-refractivity contribution < 1.29 is 0 Å².